The van der Waals surface area contributed by atoms with Gasteiger partial charge in [0.25, 0.3) is 0 Å². The van der Waals surface area contributed by atoms with E-state index in [0.717, 1.165) is 13.1 Å². The second-order valence-corrected chi connectivity index (χ2v) is 5.76. The van der Waals surface area contributed by atoms with Crippen molar-refractivity contribution in [2.24, 2.45) is 10.7 Å². The van der Waals surface area contributed by atoms with Crippen LogP contribution >= 0.6 is 35.6 Å². The number of ether oxygens (including phenoxy) is 1. The zero-order chi connectivity index (χ0) is 15.8. The molecule has 23 heavy (non-hydrogen) atoms. The number of para-hydroxylation sites is 1. The molecule has 130 valence electrons. The maximum absolute atomic E-state index is 6.02. The number of rotatable bonds is 7. The van der Waals surface area contributed by atoms with E-state index in [2.05, 4.69) is 22.1 Å². The molecule has 1 aromatic carbocycles. The van der Waals surface area contributed by atoms with Crippen molar-refractivity contribution in [3.05, 3.63) is 29.3 Å². The maximum atomic E-state index is 6.02. The molecular weight excluding hydrogens is 427 g/mol. The second kappa shape index (κ2) is 10.9. The lowest BCUT2D eigenvalue weighted by Crippen LogP contribution is -2.37. The maximum Gasteiger partial charge on any atom is 0.188 e. The standard InChI is InChI=1S/C16H25ClN4O.HI/c1-2-21-10-5-6-13(21)12-20-16(18)19-9-11-22-15-8-4-3-7-14(15)17;/h3-4,7-8,13H,2,5-6,9-12H2,1H3,(H3,18,19,20);1H. The first-order valence-electron chi connectivity index (χ1n) is 7.86. The molecule has 0 radical (unpaired) electrons. The molecule has 0 aliphatic carbocycles. The SMILES string of the molecule is CCN1CCCC1CN=C(N)NCCOc1ccccc1Cl.I. The fraction of sp³-hybridized carbons (Fsp3) is 0.562. The number of aliphatic imine (C=N–C) groups is 1. The van der Waals surface area contributed by atoms with Gasteiger partial charge in [0, 0.05) is 6.04 Å². The highest BCUT2D eigenvalue weighted by molar-refractivity contribution is 14.0. The first kappa shape index (κ1) is 20.3. The monoisotopic (exact) mass is 452 g/mol. The summed E-state index contributed by atoms with van der Waals surface area (Å²) < 4.78 is 5.59. The Bertz CT molecular complexity index is 501. The Morgan fingerprint density at radius 3 is 3.00 bits per heavy atom. The Balaban J connectivity index is 0.00000264. The third kappa shape index (κ3) is 6.73. The normalized spacial score (nSPS) is 18.5. The first-order chi connectivity index (χ1) is 10.7. The van der Waals surface area contributed by atoms with Crippen molar-refractivity contribution >= 4 is 41.5 Å². The van der Waals surface area contributed by atoms with Crippen LogP contribution in [0.4, 0.5) is 0 Å². The van der Waals surface area contributed by atoms with Gasteiger partial charge in [-0.1, -0.05) is 30.7 Å². The van der Waals surface area contributed by atoms with E-state index in [0.29, 0.717) is 35.9 Å². The molecule has 1 unspecified atom stereocenters. The lowest BCUT2D eigenvalue weighted by atomic mass is 10.2. The summed E-state index contributed by atoms with van der Waals surface area (Å²) in [4.78, 5) is 6.88. The van der Waals surface area contributed by atoms with Crippen LogP contribution in [0.2, 0.25) is 5.02 Å². The average Bonchev–Trinajstić information content (AvgIpc) is 2.98. The fourth-order valence-corrected chi connectivity index (χ4v) is 2.87. The number of nitrogens with two attached hydrogens (primary N) is 1. The summed E-state index contributed by atoms with van der Waals surface area (Å²) >= 11 is 6.02. The van der Waals surface area contributed by atoms with Gasteiger partial charge < -0.3 is 15.8 Å². The van der Waals surface area contributed by atoms with Gasteiger partial charge in [-0.25, -0.2) is 0 Å². The zero-order valence-corrected chi connectivity index (χ0v) is 16.6. The smallest absolute Gasteiger partial charge is 0.188 e. The molecule has 0 spiro atoms. The number of guanidine groups is 1. The van der Waals surface area contributed by atoms with Crippen LogP contribution in [-0.4, -0.2) is 49.7 Å². The van der Waals surface area contributed by atoms with E-state index in [1.165, 1.54) is 19.4 Å². The first-order valence-corrected chi connectivity index (χ1v) is 8.23. The van der Waals surface area contributed by atoms with Crippen LogP contribution in [0, 0.1) is 0 Å². The molecule has 1 atom stereocenters. The van der Waals surface area contributed by atoms with Crippen LogP contribution < -0.4 is 15.8 Å². The minimum Gasteiger partial charge on any atom is -0.490 e. The molecule has 0 aromatic heterocycles. The van der Waals surface area contributed by atoms with Gasteiger partial charge in [-0.2, -0.15) is 0 Å². The summed E-state index contributed by atoms with van der Waals surface area (Å²) in [6.45, 7) is 6.30. The van der Waals surface area contributed by atoms with E-state index in [9.17, 15) is 0 Å². The molecule has 1 heterocycles. The zero-order valence-electron chi connectivity index (χ0n) is 13.5. The van der Waals surface area contributed by atoms with E-state index >= 15 is 0 Å². The quantitative estimate of drug-likeness (QED) is 0.289. The van der Waals surface area contributed by atoms with Crippen molar-refractivity contribution in [3.8, 4) is 5.75 Å². The lowest BCUT2D eigenvalue weighted by Gasteiger charge is -2.20. The van der Waals surface area contributed by atoms with Gasteiger partial charge in [-0.3, -0.25) is 9.89 Å². The molecule has 2 rings (SSSR count). The summed E-state index contributed by atoms with van der Waals surface area (Å²) in [5.41, 5.74) is 5.89. The molecule has 0 amide bonds. The molecule has 3 N–H and O–H groups in total. The van der Waals surface area contributed by atoms with E-state index in [1.807, 2.05) is 18.2 Å². The molecular formula is C16H26ClIN4O. The number of likely N-dealkylation sites (tertiary alicyclic amines) is 1. The summed E-state index contributed by atoms with van der Waals surface area (Å²) in [6.07, 6.45) is 2.47. The Morgan fingerprint density at radius 1 is 1.48 bits per heavy atom. The molecule has 1 aliphatic rings. The predicted octanol–water partition coefficient (Wildman–Crippen LogP) is 2.73. The Morgan fingerprint density at radius 2 is 2.26 bits per heavy atom. The molecule has 1 fully saturated rings. The van der Waals surface area contributed by atoms with Gasteiger partial charge in [-0.15, -0.1) is 24.0 Å². The topological polar surface area (TPSA) is 62.9 Å². The summed E-state index contributed by atoms with van der Waals surface area (Å²) in [7, 11) is 0. The van der Waals surface area contributed by atoms with Crippen molar-refractivity contribution in [2.75, 3.05) is 32.8 Å². The summed E-state index contributed by atoms with van der Waals surface area (Å²) in [5.74, 6) is 1.16. The van der Waals surface area contributed by atoms with Gasteiger partial charge in [0.1, 0.15) is 12.4 Å². The molecule has 0 bridgehead atoms. The van der Waals surface area contributed by atoms with Crippen LogP contribution in [0.1, 0.15) is 19.8 Å². The highest BCUT2D eigenvalue weighted by Gasteiger charge is 2.22. The van der Waals surface area contributed by atoms with E-state index in [4.69, 9.17) is 22.1 Å². The summed E-state index contributed by atoms with van der Waals surface area (Å²) in [5, 5.41) is 3.69. The number of nitrogens with one attached hydrogen (secondary N) is 1. The molecule has 1 aliphatic heterocycles. The highest BCUT2D eigenvalue weighted by atomic mass is 127. The van der Waals surface area contributed by atoms with Crippen molar-refractivity contribution in [2.45, 2.75) is 25.8 Å². The largest absolute Gasteiger partial charge is 0.490 e. The molecule has 0 saturated carbocycles. The fourth-order valence-electron chi connectivity index (χ4n) is 2.68. The van der Waals surface area contributed by atoms with Crippen LogP contribution in [-0.2, 0) is 0 Å². The molecule has 1 aromatic rings. The number of likely N-dealkylation sites (N-methyl/N-ethyl adjacent to an activating group) is 1. The molecule has 1 saturated heterocycles. The third-order valence-electron chi connectivity index (χ3n) is 3.88. The molecule has 7 heteroatoms. The van der Waals surface area contributed by atoms with E-state index in [1.54, 1.807) is 6.07 Å². The van der Waals surface area contributed by atoms with Gasteiger partial charge in [0.15, 0.2) is 5.96 Å². The Hall–Kier alpha value is -0.730. The van der Waals surface area contributed by atoms with Crippen molar-refractivity contribution < 1.29 is 4.74 Å². The second-order valence-electron chi connectivity index (χ2n) is 5.36. The minimum atomic E-state index is 0. The summed E-state index contributed by atoms with van der Waals surface area (Å²) in [6, 6.07) is 7.96. The number of halogens is 2. The third-order valence-corrected chi connectivity index (χ3v) is 4.19. The van der Waals surface area contributed by atoms with Gasteiger partial charge in [0.05, 0.1) is 18.1 Å². The van der Waals surface area contributed by atoms with E-state index < -0.39 is 0 Å². The number of benzene rings is 1. The number of nitrogens with zero attached hydrogens (tertiary/aromatic N) is 2. The van der Waals surface area contributed by atoms with Crippen LogP contribution in [0.25, 0.3) is 0 Å². The number of hydrogen-bond acceptors (Lipinski definition) is 3. The Labute approximate surface area is 160 Å². The molecule has 5 nitrogen and oxygen atoms in total. The van der Waals surface area contributed by atoms with Crippen molar-refractivity contribution in [3.63, 3.8) is 0 Å². The Kier molecular flexibility index (Phi) is 9.66. The van der Waals surface area contributed by atoms with Crippen LogP contribution in [0.15, 0.2) is 29.3 Å². The van der Waals surface area contributed by atoms with Gasteiger partial charge in [-0.05, 0) is 38.1 Å². The number of hydrogen-bond donors (Lipinski definition) is 2. The van der Waals surface area contributed by atoms with Crippen molar-refractivity contribution in [1.82, 2.24) is 10.2 Å². The highest BCUT2D eigenvalue weighted by Crippen LogP contribution is 2.22. The average molecular weight is 453 g/mol. The van der Waals surface area contributed by atoms with Crippen molar-refractivity contribution in [1.29, 1.82) is 0 Å². The van der Waals surface area contributed by atoms with E-state index in [-0.39, 0.29) is 24.0 Å². The lowest BCUT2D eigenvalue weighted by molar-refractivity contribution is 0.273. The van der Waals surface area contributed by atoms with Gasteiger partial charge >= 0.3 is 0 Å². The van der Waals surface area contributed by atoms with Gasteiger partial charge in [0.2, 0.25) is 0 Å². The van der Waals surface area contributed by atoms with Crippen LogP contribution in [0.5, 0.6) is 5.75 Å². The predicted molar refractivity (Wildman–Crippen MR) is 107 cm³/mol. The minimum absolute atomic E-state index is 0. The van der Waals surface area contributed by atoms with Crippen LogP contribution in [0.3, 0.4) is 0 Å².